The summed E-state index contributed by atoms with van der Waals surface area (Å²) in [6, 6.07) is 11.5. The van der Waals surface area contributed by atoms with Crippen LogP contribution < -0.4 is 0 Å². The van der Waals surface area contributed by atoms with E-state index in [1.54, 1.807) is 6.07 Å². The van der Waals surface area contributed by atoms with E-state index < -0.39 is 11.6 Å². The van der Waals surface area contributed by atoms with Crippen molar-refractivity contribution in [2.45, 2.75) is 19.8 Å². The lowest BCUT2D eigenvalue weighted by atomic mass is 10.0. The van der Waals surface area contributed by atoms with Crippen LogP contribution in [0.25, 0.3) is 0 Å². The van der Waals surface area contributed by atoms with Crippen molar-refractivity contribution in [2.75, 3.05) is 0 Å². The first-order valence-corrected chi connectivity index (χ1v) is 7.13. The van der Waals surface area contributed by atoms with E-state index in [2.05, 4.69) is 0 Å². The van der Waals surface area contributed by atoms with Crippen LogP contribution in [-0.2, 0) is 16.0 Å². The predicted octanol–water partition coefficient (Wildman–Crippen LogP) is 3.07. The minimum atomic E-state index is -0.633. The maximum Gasteiger partial charge on any atom is 0.205 e. The predicted molar refractivity (Wildman–Crippen MR) is 78.2 cm³/mol. The van der Waals surface area contributed by atoms with E-state index >= 15 is 0 Å². The largest absolute Gasteiger partial charge is 0.294 e. The summed E-state index contributed by atoms with van der Waals surface area (Å²) in [6.45, 7) is 1.19. The van der Waals surface area contributed by atoms with E-state index in [1.165, 1.54) is 18.3 Å². The fourth-order valence-corrected chi connectivity index (χ4v) is 2.80. The average molecular weight is 286 g/mol. The Morgan fingerprint density at radius 2 is 1.75 bits per heavy atom. The molecule has 1 aromatic carbocycles. The second-order valence-electron chi connectivity index (χ2n) is 4.50. The number of hydrogen-bond acceptors (Lipinski definition) is 4. The number of hydrogen-bond donors (Lipinski definition) is 0. The van der Waals surface area contributed by atoms with Gasteiger partial charge in [0, 0.05) is 23.8 Å². The SMILES string of the molecule is CC(=O)C(=O)CC(=O)c1ccsc1Cc1ccccc1. The standard InChI is InChI=1S/C16H14O3S/c1-11(17)14(18)10-15(19)13-7-8-20-16(13)9-12-5-3-2-4-6-12/h2-8H,9-10H2,1H3. The van der Waals surface area contributed by atoms with Crippen molar-refractivity contribution >= 4 is 28.7 Å². The Labute approximate surface area is 121 Å². The van der Waals surface area contributed by atoms with Crippen LogP contribution in [0.1, 0.15) is 34.1 Å². The van der Waals surface area contributed by atoms with E-state index in [9.17, 15) is 14.4 Å². The first kappa shape index (κ1) is 14.3. The van der Waals surface area contributed by atoms with Crippen LogP contribution in [0.5, 0.6) is 0 Å². The lowest BCUT2D eigenvalue weighted by Crippen LogP contribution is -2.15. The molecule has 0 amide bonds. The topological polar surface area (TPSA) is 51.2 Å². The van der Waals surface area contributed by atoms with Crippen molar-refractivity contribution in [3.63, 3.8) is 0 Å². The molecule has 102 valence electrons. The molecule has 2 aromatic rings. The van der Waals surface area contributed by atoms with E-state index in [-0.39, 0.29) is 12.2 Å². The molecule has 0 aliphatic carbocycles. The molecular formula is C16H14O3S. The molecule has 0 N–H and O–H groups in total. The summed E-state index contributed by atoms with van der Waals surface area (Å²) in [4.78, 5) is 35.3. The molecule has 1 aromatic heterocycles. The first-order chi connectivity index (χ1) is 9.58. The highest BCUT2D eigenvalue weighted by molar-refractivity contribution is 7.10. The first-order valence-electron chi connectivity index (χ1n) is 6.25. The van der Waals surface area contributed by atoms with Crippen LogP contribution in [0, 0.1) is 0 Å². The van der Waals surface area contributed by atoms with Gasteiger partial charge < -0.3 is 0 Å². The Morgan fingerprint density at radius 3 is 2.40 bits per heavy atom. The number of carbonyl (C=O) groups excluding carboxylic acids is 3. The van der Waals surface area contributed by atoms with Crippen LogP contribution in [0.15, 0.2) is 41.8 Å². The lowest BCUT2D eigenvalue weighted by molar-refractivity contribution is -0.134. The van der Waals surface area contributed by atoms with Gasteiger partial charge in [-0.1, -0.05) is 30.3 Å². The Kier molecular flexibility index (Phi) is 4.58. The smallest absolute Gasteiger partial charge is 0.205 e. The molecule has 3 nitrogen and oxygen atoms in total. The van der Waals surface area contributed by atoms with Crippen molar-refractivity contribution in [3.05, 3.63) is 57.8 Å². The summed E-state index contributed by atoms with van der Waals surface area (Å²) in [7, 11) is 0. The Balaban J connectivity index is 2.14. The monoisotopic (exact) mass is 286 g/mol. The maximum atomic E-state index is 12.1. The number of rotatable bonds is 6. The molecule has 1 heterocycles. The molecule has 0 aliphatic heterocycles. The minimum Gasteiger partial charge on any atom is -0.294 e. The highest BCUT2D eigenvalue weighted by Gasteiger charge is 2.18. The molecule has 4 heteroatoms. The van der Waals surface area contributed by atoms with Gasteiger partial charge in [-0.15, -0.1) is 11.3 Å². The quantitative estimate of drug-likeness (QED) is 0.466. The van der Waals surface area contributed by atoms with Gasteiger partial charge in [0.05, 0.1) is 6.42 Å². The third kappa shape index (κ3) is 3.48. The zero-order valence-electron chi connectivity index (χ0n) is 11.1. The molecule has 0 atom stereocenters. The van der Waals surface area contributed by atoms with Gasteiger partial charge in [-0.25, -0.2) is 0 Å². The maximum absolute atomic E-state index is 12.1. The van der Waals surface area contributed by atoms with Crippen molar-refractivity contribution in [1.82, 2.24) is 0 Å². The summed E-state index contributed by atoms with van der Waals surface area (Å²) in [6.07, 6.45) is 0.321. The summed E-state index contributed by atoms with van der Waals surface area (Å²) >= 11 is 1.49. The van der Waals surface area contributed by atoms with Crippen molar-refractivity contribution in [2.24, 2.45) is 0 Å². The number of Topliss-reactive ketones (excluding diaryl/α,β-unsaturated/α-hetero) is 3. The van der Waals surface area contributed by atoms with Gasteiger partial charge in [-0.3, -0.25) is 14.4 Å². The molecule has 0 unspecified atom stereocenters. The number of benzene rings is 1. The van der Waals surface area contributed by atoms with Gasteiger partial charge in [0.2, 0.25) is 5.78 Å². The van der Waals surface area contributed by atoms with Crippen LogP contribution in [-0.4, -0.2) is 17.3 Å². The molecule has 0 bridgehead atoms. The zero-order chi connectivity index (χ0) is 14.5. The van der Waals surface area contributed by atoms with Crippen molar-refractivity contribution in [3.8, 4) is 0 Å². The molecule has 0 fully saturated rings. The van der Waals surface area contributed by atoms with Crippen molar-refractivity contribution in [1.29, 1.82) is 0 Å². The third-order valence-electron chi connectivity index (χ3n) is 2.97. The Hall–Kier alpha value is -2.07. The highest BCUT2D eigenvalue weighted by Crippen LogP contribution is 2.22. The van der Waals surface area contributed by atoms with E-state index in [0.29, 0.717) is 12.0 Å². The van der Waals surface area contributed by atoms with Crippen LogP contribution in [0.4, 0.5) is 0 Å². The van der Waals surface area contributed by atoms with Gasteiger partial charge >= 0.3 is 0 Å². The summed E-state index contributed by atoms with van der Waals surface area (Å²) in [5.41, 5.74) is 1.66. The molecule has 0 saturated heterocycles. The van der Waals surface area contributed by atoms with Crippen molar-refractivity contribution < 1.29 is 14.4 Å². The van der Waals surface area contributed by atoms with E-state index in [0.717, 1.165) is 10.4 Å². The second-order valence-corrected chi connectivity index (χ2v) is 5.50. The molecule has 0 saturated carbocycles. The van der Waals surface area contributed by atoms with Gasteiger partial charge in [0.25, 0.3) is 0 Å². The van der Waals surface area contributed by atoms with Gasteiger partial charge in [0.15, 0.2) is 11.6 Å². The summed E-state index contributed by atoms with van der Waals surface area (Å²) in [5.74, 6) is -1.48. The van der Waals surface area contributed by atoms with Crippen LogP contribution in [0.2, 0.25) is 0 Å². The molecule has 0 spiro atoms. The number of thiophene rings is 1. The van der Waals surface area contributed by atoms with Gasteiger partial charge in [-0.2, -0.15) is 0 Å². The van der Waals surface area contributed by atoms with Crippen LogP contribution >= 0.6 is 11.3 Å². The second kappa shape index (κ2) is 6.39. The molecule has 2 rings (SSSR count). The number of ketones is 3. The highest BCUT2D eigenvalue weighted by atomic mass is 32.1. The molecule has 20 heavy (non-hydrogen) atoms. The number of carbonyl (C=O) groups is 3. The summed E-state index contributed by atoms with van der Waals surface area (Å²) < 4.78 is 0. The molecule has 0 aliphatic rings. The van der Waals surface area contributed by atoms with Gasteiger partial charge in [0.1, 0.15) is 0 Å². The fraction of sp³-hybridized carbons (Fsp3) is 0.188. The normalized spacial score (nSPS) is 10.2. The minimum absolute atomic E-state index is 0.280. The molecule has 0 radical (unpaired) electrons. The third-order valence-corrected chi connectivity index (χ3v) is 3.89. The van der Waals surface area contributed by atoms with Crippen LogP contribution in [0.3, 0.4) is 0 Å². The summed E-state index contributed by atoms with van der Waals surface area (Å²) in [5, 5.41) is 1.84. The van der Waals surface area contributed by atoms with E-state index in [4.69, 9.17) is 0 Å². The lowest BCUT2D eigenvalue weighted by Gasteiger charge is -2.03. The average Bonchev–Trinajstić information content (AvgIpc) is 2.88. The molecular weight excluding hydrogens is 272 g/mol. The Morgan fingerprint density at radius 1 is 1.05 bits per heavy atom. The van der Waals surface area contributed by atoms with Gasteiger partial charge in [-0.05, 0) is 17.0 Å². The fourth-order valence-electron chi connectivity index (χ4n) is 1.87. The van der Waals surface area contributed by atoms with E-state index in [1.807, 2.05) is 35.7 Å². The Bertz CT molecular complexity index is 641. The zero-order valence-corrected chi connectivity index (χ0v) is 11.9.